The van der Waals surface area contributed by atoms with E-state index in [4.69, 9.17) is 0 Å². The quantitative estimate of drug-likeness (QED) is 0.370. The van der Waals surface area contributed by atoms with E-state index in [1.165, 1.54) is 0 Å². The Kier molecular flexibility index (Phi) is 2.37. The summed E-state index contributed by atoms with van der Waals surface area (Å²) in [5, 5.41) is 11.2. The van der Waals surface area contributed by atoms with Crippen LogP contribution in [0.2, 0.25) is 0 Å². The largest absolute Gasteiger partial charge is 0.846 e. The lowest BCUT2D eigenvalue weighted by Crippen LogP contribution is -2.45. The number of aliphatic imine (C=N–C) groups is 1. The SMILES string of the molecule is CN=C([O-])N1C(C)CCC1C. The molecule has 1 aliphatic heterocycles. The molecule has 64 valence electrons. The van der Waals surface area contributed by atoms with Crippen LogP contribution in [-0.4, -0.2) is 30.1 Å². The molecular formula is C8H15N2O-. The Labute approximate surface area is 67.7 Å². The molecule has 2 unspecified atom stereocenters. The number of rotatable bonds is 0. The molecule has 11 heavy (non-hydrogen) atoms. The maximum absolute atomic E-state index is 11.2. The van der Waals surface area contributed by atoms with Crippen LogP contribution in [0.5, 0.6) is 0 Å². The predicted octanol–water partition coefficient (Wildman–Crippen LogP) is 0.205. The first-order valence-electron chi connectivity index (χ1n) is 4.09. The van der Waals surface area contributed by atoms with Crippen LogP contribution in [0.4, 0.5) is 0 Å². The molecule has 0 aromatic rings. The highest BCUT2D eigenvalue weighted by Gasteiger charge is 2.25. The molecular weight excluding hydrogens is 140 g/mol. The Morgan fingerprint density at radius 3 is 2.18 bits per heavy atom. The molecule has 1 aliphatic rings. The van der Waals surface area contributed by atoms with E-state index in [9.17, 15) is 5.11 Å². The van der Waals surface area contributed by atoms with Gasteiger partial charge < -0.3 is 10.0 Å². The summed E-state index contributed by atoms with van der Waals surface area (Å²) in [5.74, 6) is 0. The molecule has 0 amide bonds. The third-order valence-corrected chi connectivity index (χ3v) is 2.36. The van der Waals surface area contributed by atoms with Gasteiger partial charge in [-0.2, -0.15) is 0 Å². The molecule has 3 heteroatoms. The van der Waals surface area contributed by atoms with E-state index in [-0.39, 0.29) is 6.02 Å². The second-order valence-electron chi connectivity index (χ2n) is 3.19. The lowest BCUT2D eigenvalue weighted by atomic mass is 10.2. The fourth-order valence-electron chi connectivity index (χ4n) is 1.69. The summed E-state index contributed by atoms with van der Waals surface area (Å²) in [7, 11) is 1.56. The third-order valence-electron chi connectivity index (χ3n) is 2.36. The van der Waals surface area contributed by atoms with Crippen molar-refractivity contribution in [2.24, 2.45) is 4.99 Å². The first-order chi connectivity index (χ1) is 5.16. The van der Waals surface area contributed by atoms with E-state index in [1.807, 2.05) is 4.90 Å². The number of hydrogen-bond acceptors (Lipinski definition) is 2. The Morgan fingerprint density at radius 1 is 1.36 bits per heavy atom. The highest BCUT2D eigenvalue weighted by molar-refractivity contribution is 5.70. The van der Waals surface area contributed by atoms with Crippen molar-refractivity contribution < 1.29 is 5.11 Å². The molecule has 0 spiro atoms. The summed E-state index contributed by atoms with van der Waals surface area (Å²) in [6.45, 7) is 4.15. The summed E-state index contributed by atoms with van der Waals surface area (Å²) in [6.07, 6.45) is 2.23. The van der Waals surface area contributed by atoms with Crippen molar-refractivity contribution in [3.8, 4) is 0 Å². The topological polar surface area (TPSA) is 38.7 Å². The van der Waals surface area contributed by atoms with Gasteiger partial charge in [0.25, 0.3) is 0 Å². The molecule has 0 aromatic heterocycles. The molecule has 1 heterocycles. The average Bonchev–Trinajstić information content (AvgIpc) is 2.30. The summed E-state index contributed by atoms with van der Waals surface area (Å²) in [4.78, 5) is 5.52. The lowest BCUT2D eigenvalue weighted by molar-refractivity contribution is -0.237. The summed E-state index contributed by atoms with van der Waals surface area (Å²) in [6, 6.07) is 0.685. The Balaban J connectivity index is 2.68. The molecule has 1 fully saturated rings. The van der Waals surface area contributed by atoms with Crippen molar-refractivity contribution in [3.63, 3.8) is 0 Å². The van der Waals surface area contributed by atoms with E-state index in [0.717, 1.165) is 12.8 Å². The van der Waals surface area contributed by atoms with Gasteiger partial charge in [-0.15, -0.1) is 0 Å². The zero-order valence-electron chi connectivity index (χ0n) is 7.37. The van der Waals surface area contributed by atoms with Crippen LogP contribution < -0.4 is 5.11 Å². The van der Waals surface area contributed by atoms with E-state index in [0.29, 0.717) is 12.1 Å². The molecule has 0 aliphatic carbocycles. The Hall–Kier alpha value is -0.730. The van der Waals surface area contributed by atoms with Crippen LogP contribution in [0.3, 0.4) is 0 Å². The highest BCUT2D eigenvalue weighted by atomic mass is 16.3. The van der Waals surface area contributed by atoms with E-state index >= 15 is 0 Å². The van der Waals surface area contributed by atoms with Gasteiger partial charge in [0.1, 0.15) is 0 Å². The van der Waals surface area contributed by atoms with Crippen molar-refractivity contribution in [2.75, 3.05) is 7.05 Å². The highest BCUT2D eigenvalue weighted by Crippen LogP contribution is 2.22. The molecule has 0 N–H and O–H groups in total. The molecule has 3 nitrogen and oxygen atoms in total. The monoisotopic (exact) mass is 155 g/mol. The van der Waals surface area contributed by atoms with Crippen LogP contribution in [0.15, 0.2) is 4.99 Å². The van der Waals surface area contributed by atoms with Crippen LogP contribution in [0.1, 0.15) is 26.7 Å². The van der Waals surface area contributed by atoms with Gasteiger partial charge in [-0.05, 0) is 26.7 Å². The summed E-state index contributed by atoms with van der Waals surface area (Å²) < 4.78 is 0. The maximum atomic E-state index is 11.2. The van der Waals surface area contributed by atoms with Gasteiger partial charge in [-0.3, -0.25) is 4.99 Å². The van der Waals surface area contributed by atoms with Crippen molar-refractivity contribution in [3.05, 3.63) is 0 Å². The lowest BCUT2D eigenvalue weighted by Gasteiger charge is -2.32. The smallest absolute Gasteiger partial charge is 0.0500 e. The van der Waals surface area contributed by atoms with Crippen molar-refractivity contribution in [2.45, 2.75) is 38.8 Å². The van der Waals surface area contributed by atoms with Crippen molar-refractivity contribution >= 4 is 6.02 Å². The second kappa shape index (κ2) is 3.11. The van der Waals surface area contributed by atoms with Gasteiger partial charge in [0, 0.05) is 25.2 Å². The second-order valence-corrected chi connectivity index (χ2v) is 3.19. The summed E-state index contributed by atoms with van der Waals surface area (Å²) in [5.41, 5.74) is 0. The fourth-order valence-corrected chi connectivity index (χ4v) is 1.69. The number of nitrogens with zero attached hydrogens (tertiary/aromatic N) is 2. The van der Waals surface area contributed by atoms with Crippen LogP contribution in [0.25, 0.3) is 0 Å². The molecule has 0 saturated carbocycles. The molecule has 0 aromatic carbocycles. The van der Waals surface area contributed by atoms with Gasteiger partial charge in [0.2, 0.25) is 0 Å². The third kappa shape index (κ3) is 1.47. The molecule has 0 radical (unpaired) electrons. The van der Waals surface area contributed by atoms with Crippen molar-refractivity contribution in [1.82, 2.24) is 4.90 Å². The molecule has 1 saturated heterocycles. The minimum absolute atomic E-state index is 0.0671. The van der Waals surface area contributed by atoms with E-state index < -0.39 is 0 Å². The van der Waals surface area contributed by atoms with Gasteiger partial charge >= 0.3 is 0 Å². The van der Waals surface area contributed by atoms with Crippen LogP contribution >= 0.6 is 0 Å². The minimum atomic E-state index is -0.0671. The van der Waals surface area contributed by atoms with E-state index in [2.05, 4.69) is 18.8 Å². The van der Waals surface area contributed by atoms with Crippen LogP contribution in [0, 0.1) is 0 Å². The van der Waals surface area contributed by atoms with Gasteiger partial charge in [0.05, 0.1) is 0 Å². The Bertz CT molecular complexity index is 157. The fraction of sp³-hybridized carbons (Fsp3) is 0.875. The molecule has 2 atom stereocenters. The number of amidine groups is 1. The summed E-state index contributed by atoms with van der Waals surface area (Å²) >= 11 is 0. The van der Waals surface area contributed by atoms with E-state index in [1.54, 1.807) is 7.05 Å². The standard InChI is InChI=1S/C8H16N2O/c1-6-4-5-7(2)10(6)8(11)9-3/h6-7H,4-5H2,1-3H3,(H,9,11)/p-1. The number of likely N-dealkylation sites (tertiary alicyclic amines) is 1. The minimum Gasteiger partial charge on any atom is -0.846 e. The zero-order chi connectivity index (χ0) is 8.43. The number of hydrogen-bond donors (Lipinski definition) is 0. The molecule has 1 rings (SSSR count). The first-order valence-corrected chi connectivity index (χ1v) is 4.09. The first kappa shape index (κ1) is 8.37. The maximum Gasteiger partial charge on any atom is 0.0500 e. The Morgan fingerprint density at radius 2 is 1.82 bits per heavy atom. The molecule has 0 bridgehead atoms. The normalized spacial score (nSPS) is 33.0. The van der Waals surface area contributed by atoms with Gasteiger partial charge in [0.15, 0.2) is 0 Å². The average molecular weight is 155 g/mol. The predicted molar refractivity (Wildman–Crippen MR) is 43.4 cm³/mol. The van der Waals surface area contributed by atoms with Crippen LogP contribution in [-0.2, 0) is 0 Å². The van der Waals surface area contributed by atoms with Gasteiger partial charge in [-0.1, -0.05) is 0 Å². The zero-order valence-corrected chi connectivity index (χ0v) is 7.37. The van der Waals surface area contributed by atoms with Gasteiger partial charge in [-0.25, -0.2) is 0 Å². The van der Waals surface area contributed by atoms with Crippen molar-refractivity contribution in [1.29, 1.82) is 0 Å².